The van der Waals surface area contributed by atoms with Crippen molar-refractivity contribution in [2.45, 2.75) is 0 Å². The lowest BCUT2D eigenvalue weighted by Gasteiger charge is -2.29. The Morgan fingerprint density at radius 3 is 1.85 bits per heavy atom. The molecule has 0 spiro atoms. The van der Waals surface area contributed by atoms with Crippen LogP contribution in [0.4, 0.5) is 17.1 Å². The average Bonchev–Trinajstić information content (AvgIpc) is 3.52. The van der Waals surface area contributed by atoms with Gasteiger partial charge < -0.3 is 4.90 Å². The topological polar surface area (TPSA) is 3.24 Å². The first-order chi connectivity index (χ1) is 22.8. The molecule has 216 valence electrons. The van der Waals surface area contributed by atoms with Crippen molar-refractivity contribution in [1.82, 2.24) is 0 Å². The summed E-state index contributed by atoms with van der Waals surface area (Å²) >= 11 is 1.87. The zero-order valence-electron chi connectivity index (χ0n) is 25.1. The van der Waals surface area contributed by atoms with Gasteiger partial charge in [-0.2, -0.15) is 0 Å². The van der Waals surface area contributed by atoms with Crippen LogP contribution in [0.25, 0.3) is 64.0 Å². The Kier molecular flexibility index (Phi) is 6.40. The second-order valence-corrected chi connectivity index (χ2v) is 12.8. The largest absolute Gasteiger partial charge is 0.308 e. The van der Waals surface area contributed by atoms with E-state index >= 15 is 0 Å². The van der Waals surface area contributed by atoms with Crippen LogP contribution in [0, 0.1) is 0 Å². The van der Waals surface area contributed by atoms with E-state index in [-0.39, 0.29) is 0 Å². The molecule has 9 rings (SSSR count). The predicted molar refractivity (Wildman–Crippen MR) is 200 cm³/mol. The third-order valence-corrected chi connectivity index (χ3v) is 10.3. The highest BCUT2D eigenvalue weighted by Gasteiger charge is 2.22. The van der Waals surface area contributed by atoms with Gasteiger partial charge in [-0.25, -0.2) is 0 Å². The van der Waals surface area contributed by atoms with Crippen LogP contribution in [0.3, 0.4) is 0 Å². The fourth-order valence-electron chi connectivity index (χ4n) is 6.84. The molecule has 0 aliphatic heterocycles. The maximum Gasteiger partial charge on any atom is 0.0640 e. The molecule has 8 aromatic carbocycles. The van der Waals surface area contributed by atoms with E-state index in [4.69, 9.17) is 0 Å². The van der Waals surface area contributed by atoms with Crippen molar-refractivity contribution >= 4 is 70.1 Å². The third kappa shape index (κ3) is 4.46. The van der Waals surface area contributed by atoms with Crippen LogP contribution >= 0.6 is 11.3 Å². The molecule has 2 heteroatoms. The van der Waals surface area contributed by atoms with Crippen LogP contribution in [-0.2, 0) is 0 Å². The van der Waals surface area contributed by atoms with Crippen LogP contribution in [-0.4, -0.2) is 0 Å². The van der Waals surface area contributed by atoms with Crippen molar-refractivity contribution in [2.24, 2.45) is 0 Å². The van der Waals surface area contributed by atoms with E-state index in [0.29, 0.717) is 0 Å². The van der Waals surface area contributed by atoms with E-state index in [0.717, 1.165) is 11.4 Å². The summed E-state index contributed by atoms with van der Waals surface area (Å²) in [6.07, 6.45) is 0. The maximum absolute atomic E-state index is 2.48. The van der Waals surface area contributed by atoms with E-state index in [2.05, 4.69) is 181 Å². The summed E-state index contributed by atoms with van der Waals surface area (Å²) in [4.78, 5) is 2.48. The summed E-state index contributed by atoms with van der Waals surface area (Å²) in [5, 5.41) is 7.55. The zero-order valence-corrected chi connectivity index (χ0v) is 25.9. The molecule has 0 fully saturated rings. The molecule has 0 radical (unpaired) electrons. The second-order valence-electron chi connectivity index (χ2n) is 11.7. The lowest BCUT2D eigenvalue weighted by Crippen LogP contribution is -2.11. The number of rotatable bonds is 5. The summed E-state index contributed by atoms with van der Waals surface area (Å²) in [5.74, 6) is 0. The van der Waals surface area contributed by atoms with Gasteiger partial charge in [-0.05, 0) is 74.6 Å². The minimum atomic E-state index is 1.13. The van der Waals surface area contributed by atoms with E-state index in [1.54, 1.807) is 0 Å². The molecule has 0 aliphatic carbocycles. The van der Waals surface area contributed by atoms with Gasteiger partial charge in [0.2, 0.25) is 0 Å². The SMILES string of the molecule is c1ccc(-c2ccc(N(c3ccc4ccccc4c3-c3ccc4ccccc4c3)c3cccc4c3sc3ccccc34)cc2)cc1. The minimum Gasteiger partial charge on any atom is -0.308 e. The molecule has 0 saturated carbocycles. The molecular weight excluding hydrogens is 575 g/mol. The molecule has 0 saturated heterocycles. The molecule has 46 heavy (non-hydrogen) atoms. The van der Waals surface area contributed by atoms with Crippen molar-refractivity contribution in [1.29, 1.82) is 0 Å². The summed E-state index contributed by atoms with van der Waals surface area (Å²) in [5.41, 5.74) is 8.33. The van der Waals surface area contributed by atoms with E-state index < -0.39 is 0 Å². The van der Waals surface area contributed by atoms with Gasteiger partial charge in [0.25, 0.3) is 0 Å². The number of thiophene rings is 1. The highest BCUT2D eigenvalue weighted by atomic mass is 32.1. The Morgan fingerprint density at radius 2 is 1.00 bits per heavy atom. The van der Waals surface area contributed by atoms with Crippen molar-refractivity contribution in [3.63, 3.8) is 0 Å². The number of benzene rings is 8. The lowest BCUT2D eigenvalue weighted by atomic mass is 9.93. The number of hydrogen-bond donors (Lipinski definition) is 0. The second kappa shape index (κ2) is 11.0. The molecule has 0 bridgehead atoms. The Morgan fingerprint density at radius 1 is 0.370 bits per heavy atom. The van der Waals surface area contributed by atoms with Crippen LogP contribution in [0.1, 0.15) is 0 Å². The molecule has 1 aromatic heterocycles. The van der Waals surface area contributed by atoms with Crippen LogP contribution in [0.2, 0.25) is 0 Å². The first-order valence-electron chi connectivity index (χ1n) is 15.7. The van der Waals surface area contributed by atoms with Gasteiger partial charge in [0, 0.05) is 26.7 Å². The first-order valence-corrected chi connectivity index (χ1v) is 16.5. The Hall–Kier alpha value is -5.70. The minimum absolute atomic E-state index is 1.13. The number of anilines is 3. The van der Waals surface area contributed by atoms with Gasteiger partial charge in [-0.15, -0.1) is 11.3 Å². The van der Waals surface area contributed by atoms with Gasteiger partial charge in [0.15, 0.2) is 0 Å². The fourth-order valence-corrected chi connectivity index (χ4v) is 8.05. The van der Waals surface area contributed by atoms with Crippen molar-refractivity contribution < 1.29 is 0 Å². The van der Waals surface area contributed by atoms with Gasteiger partial charge in [0.1, 0.15) is 0 Å². The van der Waals surface area contributed by atoms with Gasteiger partial charge in [-0.1, -0.05) is 140 Å². The van der Waals surface area contributed by atoms with E-state index in [1.807, 2.05) is 11.3 Å². The van der Waals surface area contributed by atoms with Crippen molar-refractivity contribution in [3.8, 4) is 22.3 Å². The fraction of sp³-hybridized carbons (Fsp3) is 0. The number of fused-ring (bicyclic) bond motifs is 5. The Labute approximate surface area is 272 Å². The smallest absolute Gasteiger partial charge is 0.0640 e. The third-order valence-electron chi connectivity index (χ3n) is 9.04. The molecule has 0 aliphatic rings. The Balaban J connectivity index is 1.34. The molecular formula is C44H29NS. The first kappa shape index (κ1) is 26.7. The summed E-state index contributed by atoms with van der Waals surface area (Å²) < 4.78 is 2.59. The molecule has 1 nitrogen and oxygen atoms in total. The van der Waals surface area contributed by atoms with Crippen LogP contribution < -0.4 is 4.90 Å². The molecule has 0 atom stereocenters. The quantitative estimate of drug-likeness (QED) is 0.189. The molecule has 1 heterocycles. The molecule has 0 amide bonds. The standard InChI is InChI=1S/C44H29NS/c1-2-11-30(12-3-1)32-23-26-36(27-24-32)45(41-19-10-18-39-38-17-8-9-20-42(38)46-44(39)41)40-28-25-33-14-6-7-16-37(33)43(40)35-22-21-31-13-4-5-15-34(31)29-35/h1-29H. The van der Waals surface area contributed by atoms with E-state index in [9.17, 15) is 0 Å². The molecule has 9 aromatic rings. The monoisotopic (exact) mass is 603 g/mol. The van der Waals surface area contributed by atoms with Gasteiger partial charge in [0.05, 0.1) is 16.1 Å². The van der Waals surface area contributed by atoms with Crippen LogP contribution in [0.5, 0.6) is 0 Å². The number of hydrogen-bond acceptors (Lipinski definition) is 2. The molecule has 0 unspecified atom stereocenters. The summed E-state index contributed by atoms with van der Waals surface area (Å²) in [7, 11) is 0. The predicted octanol–water partition coefficient (Wildman–Crippen LogP) is 13.2. The highest BCUT2D eigenvalue weighted by Crippen LogP contribution is 2.49. The van der Waals surface area contributed by atoms with Gasteiger partial charge >= 0.3 is 0 Å². The number of nitrogens with zero attached hydrogens (tertiary/aromatic N) is 1. The van der Waals surface area contributed by atoms with Crippen LogP contribution in [0.15, 0.2) is 176 Å². The summed E-state index contributed by atoms with van der Waals surface area (Å²) in [6, 6.07) is 64.0. The normalized spacial score (nSPS) is 11.5. The van der Waals surface area contributed by atoms with Gasteiger partial charge in [-0.3, -0.25) is 0 Å². The Bertz CT molecular complexity index is 2530. The average molecular weight is 604 g/mol. The highest BCUT2D eigenvalue weighted by molar-refractivity contribution is 7.26. The summed E-state index contributed by atoms with van der Waals surface area (Å²) in [6.45, 7) is 0. The maximum atomic E-state index is 2.48. The van der Waals surface area contributed by atoms with Crippen molar-refractivity contribution in [2.75, 3.05) is 4.90 Å². The van der Waals surface area contributed by atoms with Crippen molar-refractivity contribution in [3.05, 3.63) is 176 Å². The zero-order chi connectivity index (χ0) is 30.5. The molecule has 0 N–H and O–H groups in total. The van der Waals surface area contributed by atoms with E-state index in [1.165, 1.54) is 69.7 Å². The lowest BCUT2D eigenvalue weighted by molar-refractivity contribution is 1.31.